The first-order valence-corrected chi connectivity index (χ1v) is 13.8. The Labute approximate surface area is 221 Å². The molecule has 0 N–H and O–H groups in total. The normalized spacial score (nSPS) is 29.1. The molecule has 1 aliphatic heterocycles. The van der Waals surface area contributed by atoms with Crippen LogP contribution in [-0.4, -0.2) is 6.29 Å². The van der Waals surface area contributed by atoms with Gasteiger partial charge in [-0.1, -0.05) is 78.0 Å². The van der Waals surface area contributed by atoms with Crippen molar-refractivity contribution < 1.29 is 14.6 Å². The van der Waals surface area contributed by atoms with Crippen LogP contribution in [-0.2, 0) is 6.42 Å². The SMILES string of the molecule is CC1CC(C)(C)Cc2cc3c(cc21)C(c1ccccc1C=[O+][O-])C1=CC2C(=CC(C)(C)CC2C)C=C1O3. The molecule has 0 amide bonds. The third kappa shape index (κ3) is 4.17. The quantitative estimate of drug-likeness (QED) is 0.190. The molecule has 37 heavy (non-hydrogen) atoms. The Morgan fingerprint density at radius 3 is 2.57 bits per heavy atom. The van der Waals surface area contributed by atoms with E-state index in [1.54, 1.807) is 0 Å². The molecule has 3 heteroatoms. The zero-order valence-electron chi connectivity index (χ0n) is 22.9. The first kappa shape index (κ1) is 24.3. The van der Waals surface area contributed by atoms with E-state index in [0.29, 0.717) is 17.8 Å². The Morgan fingerprint density at radius 2 is 1.78 bits per heavy atom. The first-order chi connectivity index (χ1) is 17.5. The molecule has 0 saturated heterocycles. The minimum atomic E-state index is -0.0197. The molecule has 4 unspecified atom stereocenters. The van der Waals surface area contributed by atoms with Gasteiger partial charge in [-0.2, -0.15) is 4.58 Å². The van der Waals surface area contributed by atoms with E-state index in [0.717, 1.165) is 35.5 Å². The van der Waals surface area contributed by atoms with Crippen LogP contribution in [0.4, 0.5) is 0 Å². The number of aldehydes is 1. The fourth-order valence-electron chi connectivity index (χ4n) is 7.79. The van der Waals surface area contributed by atoms with E-state index in [4.69, 9.17) is 4.74 Å². The molecule has 0 spiro atoms. The molecule has 4 aliphatic rings. The van der Waals surface area contributed by atoms with E-state index < -0.39 is 0 Å². The van der Waals surface area contributed by atoms with Crippen molar-refractivity contribution in [3.63, 3.8) is 0 Å². The van der Waals surface area contributed by atoms with Crippen LogP contribution in [0.2, 0.25) is 0 Å². The Balaban J connectivity index is 1.59. The fourth-order valence-corrected chi connectivity index (χ4v) is 7.79. The molecule has 6 rings (SSSR count). The average Bonchev–Trinajstić information content (AvgIpc) is 2.80. The van der Waals surface area contributed by atoms with Crippen LogP contribution in [0, 0.1) is 22.7 Å². The lowest BCUT2D eigenvalue weighted by molar-refractivity contribution is -0.935. The summed E-state index contributed by atoms with van der Waals surface area (Å²) in [4.78, 5) is 0. The molecular weight excluding hydrogens is 456 g/mol. The maximum Gasteiger partial charge on any atom is 0.349 e. The number of fused-ring (bicyclic) bond motifs is 4. The fraction of sp³-hybridized carbons (Fsp3) is 0.441. The van der Waals surface area contributed by atoms with Crippen molar-refractivity contribution in [2.75, 3.05) is 0 Å². The van der Waals surface area contributed by atoms with Gasteiger partial charge in [0.25, 0.3) is 0 Å². The molecule has 3 aliphatic carbocycles. The van der Waals surface area contributed by atoms with Crippen LogP contribution >= 0.6 is 0 Å². The van der Waals surface area contributed by atoms with Crippen molar-refractivity contribution in [1.82, 2.24) is 0 Å². The van der Waals surface area contributed by atoms with Crippen LogP contribution in [0.15, 0.2) is 71.5 Å². The lowest BCUT2D eigenvalue weighted by Gasteiger charge is -2.42. The first-order valence-electron chi connectivity index (χ1n) is 13.8. The van der Waals surface area contributed by atoms with Gasteiger partial charge in [0.15, 0.2) is 0 Å². The van der Waals surface area contributed by atoms with Crippen molar-refractivity contribution in [1.29, 1.82) is 0 Å². The average molecular weight is 495 g/mol. The zero-order chi connectivity index (χ0) is 26.1. The van der Waals surface area contributed by atoms with Crippen LogP contribution in [0.25, 0.3) is 0 Å². The van der Waals surface area contributed by atoms with Crippen LogP contribution in [0.3, 0.4) is 0 Å². The minimum Gasteiger partial charge on any atom is -0.463 e. The van der Waals surface area contributed by atoms with Crippen molar-refractivity contribution in [3.05, 3.63) is 99.3 Å². The van der Waals surface area contributed by atoms with Gasteiger partial charge in [-0.05, 0) is 82.4 Å². The summed E-state index contributed by atoms with van der Waals surface area (Å²) in [6.07, 6.45) is 11.9. The predicted octanol–water partition coefficient (Wildman–Crippen LogP) is 7.34. The predicted molar refractivity (Wildman–Crippen MR) is 147 cm³/mol. The van der Waals surface area contributed by atoms with E-state index in [2.05, 4.69) is 88.6 Å². The van der Waals surface area contributed by atoms with Gasteiger partial charge in [0, 0.05) is 23.0 Å². The van der Waals surface area contributed by atoms with Crippen LogP contribution < -0.4 is 9.99 Å². The molecule has 0 fully saturated rings. The molecule has 2 aromatic carbocycles. The summed E-state index contributed by atoms with van der Waals surface area (Å²) in [5.41, 5.74) is 8.95. The second kappa shape index (κ2) is 8.48. The van der Waals surface area contributed by atoms with E-state index in [-0.39, 0.29) is 16.7 Å². The molecule has 0 radical (unpaired) electrons. The second-order valence-corrected chi connectivity index (χ2v) is 13.4. The van der Waals surface area contributed by atoms with Gasteiger partial charge in [0.05, 0.1) is 5.56 Å². The number of benzene rings is 2. The molecule has 4 atom stereocenters. The number of hydrogen-bond donors (Lipinski definition) is 0. The zero-order valence-corrected chi connectivity index (χ0v) is 22.9. The van der Waals surface area contributed by atoms with Gasteiger partial charge in [-0.15, -0.1) is 0 Å². The largest absolute Gasteiger partial charge is 0.463 e. The molecule has 1 heterocycles. The van der Waals surface area contributed by atoms with Gasteiger partial charge < -0.3 is 9.99 Å². The van der Waals surface area contributed by atoms with Crippen molar-refractivity contribution in [3.8, 4) is 5.75 Å². The number of hydrogen-bond acceptors (Lipinski definition) is 2. The smallest absolute Gasteiger partial charge is 0.349 e. The summed E-state index contributed by atoms with van der Waals surface area (Å²) in [6, 6.07) is 12.8. The number of allylic oxidation sites excluding steroid dienone is 5. The van der Waals surface area contributed by atoms with Gasteiger partial charge in [0.1, 0.15) is 11.5 Å². The number of carbonyl (C=O) groups excluding carboxylic acids is 1. The van der Waals surface area contributed by atoms with E-state index in [1.807, 2.05) is 12.1 Å². The van der Waals surface area contributed by atoms with Crippen molar-refractivity contribution in [2.45, 2.75) is 72.6 Å². The summed E-state index contributed by atoms with van der Waals surface area (Å²) in [7, 11) is 0. The van der Waals surface area contributed by atoms with Gasteiger partial charge in [0.2, 0.25) is 0 Å². The molecule has 0 bridgehead atoms. The Hall–Kier alpha value is -3.07. The number of ether oxygens (including phenoxy) is 1. The van der Waals surface area contributed by atoms with E-state index in [9.17, 15) is 5.26 Å². The highest BCUT2D eigenvalue weighted by Gasteiger charge is 2.41. The summed E-state index contributed by atoms with van der Waals surface area (Å²) in [5, 5.41) is 11.2. The van der Waals surface area contributed by atoms with Crippen molar-refractivity contribution >= 4 is 6.29 Å². The molecule has 0 aromatic heterocycles. The summed E-state index contributed by atoms with van der Waals surface area (Å²) >= 11 is 0. The van der Waals surface area contributed by atoms with E-state index >= 15 is 0 Å². The van der Waals surface area contributed by atoms with E-state index in [1.165, 1.54) is 40.5 Å². The summed E-state index contributed by atoms with van der Waals surface area (Å²) in [6.45, 7) is 14.1. The Kier molecular flexibility index (Phi) is 5.56. The minimum absolute atomic E-state index is 0.0197. The lowest BCUT2D eigenvalue weighted by atomic mass is 9.65. The topological polar surface area (TPSA) is 43.6 Å². The standard InChI is InChI=1S/C34H38O3/c1-20-15-33(3,4)17-23-11-30-28(13-26(20)23)32(25-10-8-7-9-22(25)19-36-35)29-14-27-21(2)16-34(5,6)18-24(27)12-31(29)37-30/h7-14,17,19-21,26,32H,15-16,18H2,1-6H3. The van der Waals surface area contributed by atoms with Gasteiger partial charge in [-0.25, -0.2) is 0 Å². The number of rotatable bonds is 2. The highest BCUT2D eigenvalue weighted by molar-refractivity contribution is 5.79. The van der Waals surface area contributed by atoms with Crippen LogP contribution in [0.1, 0.15) is 98.6 Å². The van der Waals surface area contributed by atoms with Crippen LogP contribution in [0.5, 0.6) is 5.75 Å². The molecular formula is C34H38O3. The monoisotopic (exact) mass is 494 g/mol. The lowest BCUT2D eigenvalue weighted by Crippen LogP contribution is -2.31. The second-order valence-electron chi connectivity index (χ2n) is 13.4. The molecule has 2 aromatic rings. The molecule has 3 nitrogen and oxygen atoms in total. The third-order valence-corrected chi connectivity index (χ3v) is 9.00. The summed E-state index contributed by atoms with van der Waals surface area (Å²) < 4.78 is 11.0. The van der Waals surface area contributed by atoms with Gasteiger partial charge >= 0.3 is 6.29 Å². The Morgan fingerprint density at radius 1 is 1.00 bits per heavy atom. The highest BCUT2D eigenvalue weighted by atomic mass is 17.1. The third-order valence-electron chi connectivity index (χ3n) is 9.00. The highest BCUT2D eigenvalue weighted by Crippen LogP contribution is 2.54. The maximum atomic E-state index is 11.2. The molecule has 192 valence electrons. The van der Waals surface area contributed by atoms with Gasteiger partial charge in [-0.3, -0.25) is 0 Å². The Bertz CT molecular complexity index is 1380. The maximum absolute atomic E-state index is 11.2. The molecule has 0 saturated carbocycles. The summed E-state index contributed by atoms with van der Waals surface area (Å²) in [5.74, 6) is 3.25. The van der Waals surface area contributed by atoms with Crippen molar-refractivity contribution in [2.24, 2.45) is 22.7 Å².